The van der Waals surface area contributed by atoms with Crippen molar-refractivity contribution >= 4 is 11.6 Å². The Kier molecular flexibility index (Phi) is 5.25. The van der Waals surface area contributed by atoms with Gasteiger partial charge < -0.3 is 15.0 Å². The molecule has 0 fully saturated rings. The van der Waals surface area contributed by atoms with Crippen LogP contribution in [0.4, 0.5) is 0 Å². The number of benzene rings is 1. The molecular weight excluding hydrogens is 318 g/mol. The summed E-state index contributed by atoms with van der Waals surface area (Å²) in [6.45, 7) is 1.91. The van der Waals surface area contributed by atoms with Crippen molar-refractivity contribution in [3.05, 3.63) is 60.0 Å². The van der Waals surface area contributed by atoms with Crippen LogP contribution in [-0.4, -0.2) is 52.7 Å². The summed E-state index contributed by atoms with van der Waals surface area (Å²) in [5, 5.41) is 10.6. The Morgan fingerprint density at radius 3 is 3.00 bits per heavy atom. The number of nitrogens with one attached hydrogen (secondary N) is 1. The van der Waals surface area contributed by atoms with Crippen LogP contribution in [0.5, 0.6) is 5.75 Å². The number of carbonyl (C=O) groups is 1. The predicted molar refractivity (Wildman–Crippen MR) is 94.6 cm³/mol. The van der Waals surface area contributed by atoms with Gasteiger partial charge >= 0.3 is 0 Å². The number of ether oxygens (including phenoxy) is 1. The smallest absolute Gasteiger partial charge is 0.253 e. The number of nitrogens with zero attached hydrogens (tertiary/aromatic N) is 4. The third kappa shape index (κ3) is 4.54. The molecule has 1 aromatic carbocycles. The van der Waals surface area contributed by atoms with Gasteiger partial charge in [-0.1, -0.05) is 12.1 Å². The van der Waals surface area contributed by atoms with E-state index >= 15 is 0 Å². The fourth-order valence-corrected chi connectivity index (χ4v) is 2.34. The Bertz CT molecular complexity index is 859. The first-order chi connectivity index (χ1) is 12.1. The molecule has 0 radical (unpaired) electrons. The van der Waals surface area contributed by atoms with Gasteiger partial charge in [0.25, 0.3) is 5.91 Å². The van der Waals surface area contributed by atoms with Crippen LogP contribution in [-0.2, 0) is 6.54 Å². The van der Waals surface area contributed by atoms with Crippen molar-refractivity contribution < 1.29 is 9.53 Å². The monoisotopic (exact) mass is 339 g/mol. The van der Waals surface area contributed by atoms with Crippen LogP contribution < -0.4 is 10.1 Å². The van der Waals surface area contributed by atoms with Crippen molar-refractivity contribution in [2.45, 2.75) is 6.54 Å². The van der Waals surface area contributed by atoms with E-state index in [1.54, 1.807) is 29.1 Å². The molecule has 25 heavy (non-hydrogen) atoms. The maximum atomic E-state index is 12.3. The second-order valence-electron chi connectivity index (χ2n) is 6.00. The minimum absolute atomic E-state index is 0.144. The molecule has 2 heterocycles. The zero-order valence-corrected chi connectivity index (χ0v) is 14.3. The molecule has 1 N–H and O–H groups in total. The molecule has 0 aliphatic carbocycles. The van der Waals surface area contributed by atoms with Crippen LogP contribution >= 0.6 is 0 Å². The van der Waals surface area contributed by atoms with Gasteiger partial charge in [0, 0.05) is 19.3 Å². The molecule has 0 aliphatic heterocycles. The average molecular weight is 339 g/mol. The zero-order valence-electron chi connectivity index (χ0n) is 14.3. The van der Waals surface area contributed by atoms with E-state index in [1.165, 1.54) is 0 Å². The lowest BCUT2D eigenvalue weighted by Crippen LogP contribution is -2.23. The third-order valence-electron chi connectivity index (χ3n) is 3.71. The standard InChI is InChI=1S/C18H21N5O2/c1-22(2)8-9-25-16-5-3-4-14(10-16)11-19-18(24)15-6-7-17-21-20-13-23(17)12-15/h3-7,10,12-13H,8-9,11H2,1-2H3,(H,19,24). The summed E-state index contributed by atoms with van der Waals surface area (Å²) < 4.78 is 7.43. The number of rotatable bonds is 7. The van der Waals surface area contributed by atoms with Gasteiger partial charge in [0.2, 0.25) is 0 Å². The Hall–Kier alpha value is -2.93. The van der Waals surface area contributed by atoms with E-state index in [2.05, 4.69) is 20.4 Å². The molecular formula is C18H21N5O2. The van der Waals surface area contributed by atoms with Crippen LogP contribution in [0.2, 0.25) is 0 Å². The van der Waals surface area contributed by atoms with Gasteiger partial charge in [-0.15, -0.1) is 10.2 Å². The Morgan fingerprint density at radius 2 is 2.16 bits per heavy atom. The summed E-state index contributed by atoms with van der Waals surface area (Å²) in [4.78, 5) is 14.4. The normalized spacial score (nSPS) is 11.0. The van der Waals surface area contributed by atoms with E-state index in [-0.39, 0.29) is 5.91 Å². The summed E-state index contributed by atoms with van der Waals surface area (Å²) in [6.07, 6.45) is 3.28. The highest BCUT2D eigenvalue weighted by Gasteiger charge is 2.07. The lowest BCUT2D eigenvalue weighted by atomic mass is 10.2. The quantitative estimate of drug-likeness (QED) is 0.708. The van der Waals surface area contributed by atoms with Gasteiger partial charge in [-0.25, -0.2) is 0 Å². The number of fused-ring (bicyclic) bond motifs is 1. The fourth-order valence-electron chi connectivity index (χ4n) is 2.34. The lowest BCUT2D eigenvalue weighted by molar-refractivity contribution is 0.0950. The number of aromatic nitrogens is 3. The van der Waals surface area contributed by atoms with Crippen LogP contribution in [0.25, 0.3) is 5.65 Å². The number of likely N-dealkylation sites (N-methyl/N-ethyl adjacent to an activating group) is 1. The first-order valence-electron chi connectivity index (χ1n) is 8.06. The molecule has 0 aliphatic rings. The molecule has 2 aromatic heterocycles. The highest BCUT2D eigenvalue weighted by molar-refractivity contribution is 5.94. The van der Waals surface area contributed by atoms with Crippen molar-refractivity contribution in [2.24, 2.45) is 0 Å². The van der Waals surface area contributed by atoms with E-state index in [4.69, 9.17) is 4.74 Å². The maximum absolute atomic E-state index is 12.3. The van der Waals surface area contributed by atoms with E-state index in [1.807, 2.05) is 38.4 Å². The van der Waals surface area contributed by atoms with E-state index in [0.29, 0.717) is 24.4 Å². The zero-order chi connectivity index (χ0) is 17.6. The van der Waals surface area contributed by atoms with Gasteiger partial charge in [0.15, 0.2) is 5.65 Å². The van der Waals surface area contributed by atoms with Gasteiger partial charge in [0.1, 0.15) is 18.7 Å². The second-order valence-corrected chi connectivity index (χ2v) is 6.00. The van der Waals surface area contributed by atoms with Crippen LogP contribution in [0.3, 0.4) is 0 Å². The summed E-state index contributed by atoms with van der Waals surface area (Å²) in [7, 11) is 4.01. The Morgan fingerprint density at radius 1 is 1.28 bits per heavy atom. The third-order valence-corrected chi connectivity index (χ3v) is 3.71. The van der Waals surface area contributed by atoms with Gasteiger partial charge in [-0.3, -0.25) is 9.20 Å². The molecule has 0 atom stereocenters. The Balaban J connectivity index is 1.58. The van der Waals surface area contributed by atoms with Gasteiger partial charge in [-0.05, 0) is 43.9 Å². The topological polar surface area (TPSA) is 71.8 Å². The minimum Gasteiger partial charge on any atom is -0.492 e. The van der Waals surface area contributed by atoms with Crippen molar-refractivity contribution in [2.75, 3.05) is 27.2 Å². The highest BCUT2D eigenvalue weighted by atomic mass is 16.5. The average Bonchev–Trinajstić information content (AvgIpc) is 3.07. The molecule has 3 aromatic rings. The molecule has 0 bridgehead atoms. The largest absolute Gasteiger partial charge is 0.492 e. The van der Waals surface area contributed by atoms with Crippen molar-refractivity contribution in [1.82, 2.24) is 24.8 Å². The Labute approximate surface area is 146 Å². The first-order valence-corrected chi connectivity index (χ1v) is 8.06. The molecule has 0 unspecified atom stereocenters. The predicted octanol–water partition coefficient (Wildman–Crippen LogP) is 1.60. The van der Waals surface area contributed by atoms with Gasteiger partial charge in [0.05, 0.1) is 5.56 Å². The summed E-state index contributed by atoms with van der Waals surface area (Å²) in [5.41, 5.74) is 2.26. The highest BCUT2D eigenvalue weighted by Crippen LogP contribution is 2.13. The van der Waals surface area contributed by atoms with Crippen LogP contribution in [0, 0.1) is 0 Å². The minimum atomic E-state index is -0.144. The molecule has 7 nitrogen and oxygen atoms in total. The van der Waals surface area contributed by atoms with Crippen molar-refractivity contribution in [3.63, 3.8) is 0 Å². The SMILES string of the molecule is CN(C)CCOc1cccc(CNC(=O)c2ccc3nncn3c2)c1. The first kappa shape index (κ1) is 16.9. The van der Waals surface area contributed by atoms with E-state index in [9.17, 15) is 4.79 Å². The summed E-state index contributed by atoms with van der Waals surface area (Å²) >= 11 is 0. The number of carbonyl (C=O) groups excluding carboxylic acids is 1. The van der Waals surface area contributed by atoms with Crippen molar-refractivity contribution in [3.8, 4) is 5.75 Å². The fraction of sp³-hybridized carbons (Fsp3) is 0.278. The van der Waals surface area contributed by atoms with Crippen molar-refractivity contribution in [1.29, 1.82) is 0 Å². The number of hydrogen-bond acceptors (Lipinski definition) is 5. The number of pyridine rings is 1. The molecule has 0 spiro atoms. The van der Waals surface area contributed by atoms with E-state index < -0.39 is 0 Å². The molecule has 0 saturated heterocycles. The number of hydrogen-bond donors (Lipinski definition) is 1. The maximum Gasteiger partial charge on any atom is 0.253 e. The molecule has 0 saturated carbocycles. The molecule has 3 rings (SSSR count). The summed E-state index contributed by atoms with van der Waals surface area (Å²) in [6, 6.07) is 11.2. The molecule has 130 valence electrons. The molecule has 7 heteroatoms. The van der Waals surface area contributed by atoms with Crippen LogP contribution in [0.1, 0.15) is 15.9 Å². The lowest BCUT2D eigenvalue weighted by Gasteiger charge is -2.12. The molecule has 1 amide bonds. The van der Waals surface area contributed by atoms with E-state index in [0.717, 1.165) is 17.9 Å². The van der Waals surface area contributed by atoms with Gasteiger partial charge in [-0.2, -0.15) is 0 Å². The summed E-state index contributed by atoms with van der Waals surface area (Å²) in [5.74, 6) is 0.661. The van der Waals surface area contributed by atoms with Crippen LogP contribution in [0.15, 0.2) is 48.9 Å². The number of amides is 1. The second kappa shape index (κ2) is 7.76.